The van der Waals surface area contributed by atoms with E-state index in [9.17, 15) is 8.78 Å². The first-order chi connectivity index (χ1) is 5.20. The molecule has 0 amide bonds. The van der Waals surface area contributed by atoms with E-state index in [1.165, 1.54) is 0 Å². The highest BCUT2D eigenvalue weighted by molar-refractivity contribution is 5.85. The molecule has 2 N–H and O–H groups in total. The Morgan fingerprint density at radius 1 is 1.08 bits per heavy atom. The molecule has 12 heavy (non-hydrogen) atoms. The van der Waals surface area contributed by atoms with E-state index in [-0.39, 0.29) is 12.4 Å². The Morgan fingerprint density at radius 2 is 1.25 bits per heavy atom. The van der Waals surface area contributed by atoms with E-state index in [2.05, 4.69) is 0 Å². The summed E-state index contributed by atoms with van der Waals surface area (Å²) in [5.74, 6) is -0.821. The summed E-state index contributed by atoms with van der Waals surface area (Å²) in [6.07, 6.45) is 0. The van der Waals surface area contributed by atoms with Crippen molar-refractivity contribution in [2.45, 2.75) is 6.92 Å². The minimum absolute atomic E-state index is 0. The van der Waals surface area contributed by atoms with Crippen LogP contribution in [-0.2, 0) is 0 Å². The van der Waals surface area contributed by atoms with Crippen molar-refractivity contribution >= 4 is 12.4 Å². The van der Waals surface area contributed by atoms with Gasteiger partial charge in [0.15, 0.2) is 0 Å². The number of nitrogens with two attached hydrogens (primary N) is 1. The van der Waals surface area contributed by atoms with Crippen LogP contribution >= 0.6 is 12.4 Å². The summed E-state index contributed by atoms with van der Waals surface area (Å²) in [7, 11) is 0. The molecule has 0 radical (unpaired) electrons. The highest BCUT2D eigenvalue weighted by atomic mass is 35.5. The highest BCUT2D eigenvalue weighted by Gasteiger charge is 1.86. The maximum atomic E-state index is 11.9. The molecule has 70 valence electrons. The van der Waals surface area contributed by atoms with Gasteiger partial charge in [-0.15, -0.1) is 12.4 Å². The molecular weight excluding hydrogens is 184 g/mol. The first kappa shape index (κ1) is 13.9. The van der Waals surface area contributed by atoms with Crippen molar-refractivity contribution in [1.29, 1.82) is 0 Å². The van der Waals surface area contributed by atoms with Crippen LogP contribution in [-0.4, -0.2) is 6.54 Å². The van der Waals surface area contributed by atoms with Crippen LogP contribution in [0.15, 0.2) is 24.3 Å². The SMILES string of the molecule is CCN.Cl.Fc1ccc(F)cc1. The van der Waals surface area contributed by atoms with Gasteiger partial charge in [0.2, 0.25) is 0 Å². The van der Waals surface area contributed by atoms with Gasteiger partial charge in [0.05, 0.1) is 0 Å². The lowest BCUT2D eigenvalue weighted by Crippen LogP contribution is -1.87. The fourth-order valence-corrected chi connectivity index (χ4v) is 0.430. The lowest BCUT2D eigenvalue weighted by Gasteiger charge is -1.83. The predicted molar refractivity (Wildman–Crippen MR) is 48.3 cm³/mol. The quantitative estimate of drug-likeness (QED) is 0.676. The largest absolute Gasteiger partial charge is 0.331 e. The van der Waals surface area contributed by atoms with E-state index >= 15 is 0 Å². The molecule has 0 atom stereocenters. The van der Waals surface area contributed by atoms with Crippen molar-refractivity contribution in [2.24, 2.45) is 5.73 Å². The second-order valence-electron chi connectivity index (χ2n) is 1.84. The van der Waals surface area contributed by atoms with E-state index in [0.717, 1.165) is 30.8 Å². The Bertz CT molecular complexity index is 168. The van der Waals surface area contributed by atoms with Crippen molar-refractivity contribution in [3.8, 4) is 0 Å². The molecule has 0 heterocycles. The highest BCUT2D eigenvalue weighted by Crippen LogP contribution is 1.98. The molecule has 0 spiro atoms. The Hall–Kier alpha value is -0.670. The van der Waals surface area contributed by atoms with Crippen molar-refractivity contribution in [2.75, 3.05) is 6.54 Å². The Labute approximate surface area is 77.0 Å². The summed E-state index contributed by atoms with van der Waals surface area (Å²) in [5.41, 5.74) is 4.85. The molecule has 0 aliphatic carbocycles. The zero-order chi connectivity index (χ0) is 8.69. The van der Waals surface area contributed by atoms with Crippen LogP contribution in [0.25, 0.3) is 0 Å². The molecule has 0 saturated carbocycles. The van der Waals surface area contributed by atoms with Gasteiger partial charge < -0.3 is 5.73 Å². The zero-order valence-electron chi connectivity index (χ0n) is 6.76. The summed E-state index contributed by atoms with van der Waals surface area (Å²) in [6, 6.07) is 4.31. The van der Waals surface area contributed by atoms with Crippen molar-refractivity contribution < 1.29 is 8.78 Å². The zero-order valence-corrected chi connectivity index (χ0v) is 7.57. The minimum atomic E-state index is -0.411. The molecular formula is C8H12ClF2N. The van der Waals surface area contributed by atoms with Crippen LogP contribution < -0.4 is 5.73 Å². The molecule has 0 unspecified atom stereocenters. The second kappa shape index (κ2) is 8.43. The lowest BCUT2D eigenvalue weighted by molar-refractivity contribution is 0.600. The maximum absolute atomic E-state index is 11.9. The van der Waals surface area contributed by atoms with Gasteiger partial charge in [-0.05, 0) is 30.8 Å². The fourth-order valence-electron chi connectivity index (χ4n) is 0.430. The molecule has 1 aromatic rings. The molecule has 1 aromatic carbocycles. The molecule has 0 aliphatic rings. The van der Waals surface area contributed by atoms with Gasteiger partial charge in [-0.2, -0.15) is 0 Å². The third-order valence-electron chi connectivity index (χ3n) is 0.804. The average molecular weight is 196 g/mol. The van der Waals surface area contributed by atoms with Crippen molar-refractivity contribution in [3.05, 3.63) is 35.9 Å². The van der Waals surface area contributed by atoms with Gasteiger partial charge in [0, 0.05) is 0 Å². The molecule has 0 aliphatic heterocycles. The number of halogens is 3. The van der Waals surface area contributed by atoms with Gasteiger partial charge in [0.25, 0.3) is 0 Å². The van der Waals surface area contributed by atoms with Crippen LogP contribution in [0.2, 0.25) is 0 Å². The first-order valence-electron chi connectivity index (χ1n) is 3.31. The standard InChI is InChI=1S/C6H4F2.C2H7N.ClH/c7-5-1-2-6(8)4-3-5;1-2-3;/h1-4H;2-3H2,1H3;1H. The normalized spacial score (nSPS) is 7.67. The van der Waals surface area contributed by atoms with Crippen LogP contribution in [0, 0.1) is 11.6 Å². The summed E-state index contributed by atoms with van der Waals surface area (Å²) < 4.78 is 23.8. The van der Waals surface area contributed by atoms with Gasteiger partial charge in [-0.25, -0.2) is 8.78 Å². The number of hydrogen-bond donors (Lipinski definition) is 1. The molecule has 1 nitrogen and oxygen atoms in total. The van der Waals surface area contributed by atoms with Gasteiger partial charge in [-0.1, -0.05) is 6.92 Å². The number of hydrogen-bond acceptors (Lipinski definition) is 1. The van der Waals surface area contributed by atoms with E-state index in [0.29, 0.717) is 0 Å². The van der Waals surface area contributed by atoms with Crippen molar-refractivity contribution in [3.63, 3.8) is 0 Å². The molecule has 0 bridgehead atoms. The maximum Gasteiger partial charge on any atom is 0.123 e. The number of benzene rings is 1. The van der Waals surface area contributed by atoms with Gasteiger partial charge >= 0.3 is 0 Å². The Kier molecular flexibility index (Phi) is 9.75. The summed E-state index contributed by atoms with van der Waals surface area (Å²) in [6.45, 7) is 2.65. The fraction of sp³-hybridized carbons (Fsp3) is 0.250. The van der Waals surface area contributed by atoms with Crippen LogP contribution in [0.3, 0.4) is 0 Å². The molecule has 0 saturated heterocycles. The first-order valence-corrected chi connectivity index (χ1v) is 3.31. The van der Waals surface area contributed by atoms with Crippen LogP contribution in [0.1, 0.15) is 6.92 Å². The lowest BCUT2D eigenvalue weighted by atomic mass is 10.3. The third kappa shape index (κ3) is 7.44. The molecule has 4 heteroatoms. The predicted octanol–water partition coefficient (Wildman–Crippen LogP) is 2.35. The minimum Gasteiger partial charge on any atom is -0.331 e. The topological polar surface area (TPSA) is 26.0 Å². The summed E-state index contributed by atoms with van der Waals surface area (Å²) >= 11 is 0. The van der Waals surface area contributed by atoms with E-state index in [1.807, 2.05) is 6.92 Å². The molecule has 0 fully saturated rings. The summed E-state index contributed by atoms with van der Waals surface area (Å²) in [5, 5.41) is 0. The van der Waals surface area contributed by atoms with E-state index < -0.39 is 11.6 Å². The third-order valence-corrected chi connectivity index (χ3v) is 0.804. The van der Waals surface area contributed by atoms with E-state index in [4.69, 9.17) is 5.73 Å². The van der Waals surface area contributed by atoms with Crippen molar-refractivity contribution in [1.82, 2.24) is 0 Å². The van der Waals surface area contributed by atoms with Gasteiger partial charge in [0.1, 0.15) is 11.6 Å². The number of rotatable bonds is 0. The van der Waals surface area contributed by atoms with E-state index in [1.54, 1.807) is 0 Å². The van der Waals surface area contributed by atoms with Gasteiger partial charge in [-0.3, -0.25) is 0 Å². The second-order valence-corrected chi connectivity index (χ2v) is 1.84. The monoisotopic (exact) mass is 195 g/mol. The smallest absolute Gasteiger partial charge is 0.123 e. The average Bonchev–Trinajstić information content (AvgIpc) is 1.97. The Balaban J connectivity index is 0. The summed E-state index contributed by atoms with van der Waals surface area (Å²) in [4.78, 5) is 0. The molecule has 1 rings (SSSR count). The Morgan fingerprint density at radius 3 is 1.42 bits per heavy atom. The van der Waals surface area contributed by atoms with Crippen LogP contribution in [0.4, 0.5) is 8.78 Å². The van der Waals surface area contributed by atoms with Crippen LogP contribution in [0.5, 0.6) is 0 Å². The molecule has 0 aromatic heterocycles.